The molecule has 1 heterocycles. The Morgan fingerprint density at radius 3 is 2.63 bits per heavy atom. The van der Waals surface area contributed by atoms with Gasteiger partial charge in [-0.1, -0.05) is 74.5 Å². The molecule has 27 heavy (non-hydrogen) atoms. The maximum absolute atomic E-state index is 6.24. The number of fused-ring (bicyclic) bond motifs is 1. The predicted octanol–water partition coefficient (Wildman–Crippen LogP) is 5.29. The van der Waals surface area contributed by atoms with E-state index >= 15 is 0 Å². The van der Waals surface area contributed by atoms with Crippen LogP contribution in [0, 0.1) is 0 Å². The highest BCUT2D eigenvalue weighted by Crippen LogP contribution is 2.28. The van der Waals surface area contributed by atoms with Crippen LogP contribution in [0.5, 0.6) is 0 Å². The molecule has 4 nitrogen and oxygen atoms in total. The lowest BCUT2D eigenvalue weighted by molar-refractivity contribution is 0.566. The molecule has 0 amide bonds. The second kappa shape index (κ2) is 10.2. The molecule has 2 aromatic rings. The minimum Gasteiger partial charge on any atom is -0.308 e. The monoisotopic (exact) mass is 382 g/mol. The van der Waals surface area contributed by atoms with E-state index in [1.54, 1.807) is 0 Å². The summed E-state index contributed by atoms with van der Waals surface area (Å²) in [4.78, 5) is 9.59. The van der Waals surface area contributed by atoms with Crippen molar-refractivity contribution in [2.45, 2.75) is 39.0 Å². The Hall–Kier alpha value is -2.17. The van der Waals surface area contributed by atoms with Crippen molar-refractivity contribution < 1.29 is 0 Å². The van der Waals surface area contributed by atoms with E-state index in [4.69, 9.17) is 21.6 Å². The van der Waals surface area contributed by atoms with Crippen LogP contribution in [0.15, 0.2) is 58.5 Å². The largest absolute Gasteiger partial charge is 0.308 e. The molecule has 0 atom stereocenters. The van der Waals surface area contributed by atoms with Crippen LogP contribution in [0.3, 0.4) is 0 Å². The first-order valence-corrected chi connectivity index (χ1v) is 10.1. The van der Waals surface area contributed by atoms with E-state index in [-0.39, 0.29) is 0 Å². The maximum Gasteiger partial charge on any atom is 0.138 e. The first-order valence-electron chi connectivity index (χ1n) is 9.74. The zero-order valence-electron chi connectivity index (χ0n) is 15.8. The van der Waals surface area contributed by atoms with Crippen LogP contribution >= 0.6 is 11.6 Å². The van der Waals surface area contributed by atoms with Crippen molar-refractivity contribution in [1.82, 2.24) is 10.9 Å². The van der Waals surface area contributed by atoms with Gasteiger partial charge in [0.2, 0.25) is 0 Å². The zero-order valence-corrected chi connectivity index (χ0v) is 16.6. The smallest absolute Gasteiger partial charge is 0.138 e. The summed E-state index contributed by atoms with van der Waals surface area (Å²) in [7, 11) is 0. The van der Waals surface area contributed by atoms with Crippen LogP contribution in [0.2, 0.25) is 5.02 Å². The fourth-order valence-electron chi connectivity index (χ4n) is 3.11. The van der Waals surface area contributed by atoms with E-state index in [1.807, 2.05) is 36.4 Å². The molecule has 1 aliphatic rings. The number of amidine groups is 1. The number of hydrogen-bond donors (Lipinski definition) is 2. The number of unbranched alkanes of at least 4 members (excludes halogenated alkanes) is 4. The van der Waals surface area contributed by atoms with Gasteiger partial charge in [0.1, 0.15) is 5.84 Å². The molecule has 0 bridgehead atoms. The number of benzene rings is 2. The zero-order chi connectivity index (χ0) is 18.9. The molecule has 0 saturated carbocycles. The predicted molar refractivity (Wildman–Crippen MR) is 115 cm³/mol. The average molecular weight is 383 g/mol. The van der Waals surface area contributed by atoms with Gasteiger partial charge in [-0.25, -0.2) is 10.4 Å². The van der Waals surface area contributed by atoms with Crippen molar-refractivity contribution >= 4 is 28.8 Å². The standard InChI is InChI=1S/C22H27ClN4/c1-2-3-4-5-9-14-25-27-21-16-24-22(17-10-7-6-8-11-17)19-15-18(23)12-13-20(19)26-21/h6-8,10-13,15,25H,2-5,9,14,16H2,1H3,(H,26,27). The van der Waals surface area contributed by atoms with Crippen LogP contribution in [0.4, 0.5) is 5.69 Å². The van der Waals surface area contributed by atoms with Crippen molar-refractivity contribution in [3.05, 3.63) is 64.7 Å². The Morgan fingerprint density at radius 1 is 1.00 bits per heavy atom. The van der Waals surface area contributed by atoms with E-state index in [9.17, 15) is 0 Å². The number of nitrogens with zero attached hydrogens (tertiary/aromatic N) is 2. The van der Waals surface area contributed by atoms with Crippen molar-refractivity contribution in [3.8, 4) is 0 Å². The molecular weight excluding hydrogens is 356 g/mol. The Bertz CT molecular complexity index is 799. The molecule has 142 valence electrons. The second-order valence-electron chi connectivity index (χ2n) is 6.72. The average Bonchev–Trinajstić information content (AvgIpc) is 2.87. The number of hydrogen-bond acceptors (Lipinski definition) is 4. The van der Waals surface area contributed by atoms with E-state index in [1.165, 1.54) is 25.7 Å². The van der Waals surface area contributed by atoms with Gasteiger partial charge in [0, 0.05) is 22.7 Å². The number of rotatable bonds is 8. The third-order valence-electron chi connectivity index (χ3n) is 4.54. The van der Waals surface area contributed by atoms with E-state index in [0.29, 0.717) is 11.6 Å². The molecule has 5 heteroatoms. The molecule has 0 aliphatic carbocycles. The summed E-state index contributed by atoms with van der Waals surface area (Å²) in [6.07, 6.45) is 6.31. The second-order valence-corrected chi connectivity index (χ2v) is 7.15. The van der Waals surface area contributed by atoms with Gasteiger partial charge in [-0.15, -0.1) is 0 Å². The third-order valence-corrected chi connectivity index (χ3v) is 4.78. The quantitative estimate of drug-likeness (QED) is 0.481. The highest BCUT2D eigenvalue weighted by Gasteiger charge is 2.16. The SMILES string of the molecule is CCCCCCCNNC1=Nc2ccc(Cl)cc2C(c2ccccc2)=NC1. The molecule has 0 saturated heterocycles. The summed E-state index contributed by atoms with van der Waals surface area (Å²) in [6, 6.07) is 15.9. The van der Waals surface area contributed by atoms with Crippen molar-refractivity contribution in [2.24, 2.45) is 9.98 Å². The lowest BCUT2D eigenvalue weighted by Crippen LogP contribution is -2.39. The minimum atomic E-state index is 0.499. The molecule has 2 N–H and O–H groups in total. The number of halogens is 1. The van der Waals surface area contributed by atoms with Crippen LogP contribution in [-0.4, -0.2) is 24.6 Å². The van der Waals surface area contributed by atoms with Gasteiger partial charge in [0.15, 0.2) is 0 Å². The summed E-state index contributed by atoms with van der Waals surface area (Å²) < 4.78 is 0. The Morgan fingerprint density at radius 2 is 1.81 bits per heavy atom. The van der Waals surface area contributed by atoms with Gasteiger partial charge >= 0.3 is 0 Å². The first-order chi connectivity index (χ1) is 13.3. The normalized spacial score (nSPS) is 13.4. The van der Waals surface area contributed by atoms with Crippen LogP contribution in [-0.2, 0) is 0 Å². The molecule has 0 unspecified atom stereocenters. The van der Waals surface area contributed by atoms with Crippen LogP contribution in [0.1, 0.15) is 50.2 Å². The summed E-state index contributed by atoms with van der Waals surface area (Å²) >= 11 is 6.24. The lowest BCUT2D eigenvalue weighted by Gasteiger charge is -2.09. The van der Waals surface area contributed by atoms with Gasteiger partial charge in [0.05, 0.1) is 17.9 Å². The number of hydrazine groups is 1. The minimum absolute atomic E-state index is 0.499. The number of nitrogens with one attached hydrogen (secondary N) is 2. The summed E-state index contributed by atoms with van der Waals surface area (Å²) in [5, 5.41) is 0.689. The van der Waals surface area contributed by atoms with Gasteiger partial charge in [-0.2, -0.15) is 0 Å². The molecule has 2 aromatic carbocycles. The molecule has 3 rings (SSSR count). The highest BCUT2D eigenvalue weighted by molar-refractivity contribution is 6.31. The van der Waals surface area contributed by atoms with Crippen LogP contribution in [0.25, 0.3) is 0 Å². The fourth-order valence-corrected chi connectivity index (χ4v) is 3.28. The van der Waals surface area contributed by atoms with E-state index < -0.39 is 0 Å². The Balaban J connectivity index is 1.70. The van der Waals surface area contributed by atoms with Crippen molar-refractivity contribution in [3.63, 3.8) is 0 Å². The summed E-state index contributed by atoms with van der Waals surface area (Å²) in [6.45, 7) is 3.66. The highest BCUT2D eigenvalue weighted by atomic mass is 35.5. The molecule has 0 radical (unpaired) electrons. The van der Waals surface area contributed by atoms with Gasteiger partial charge in [-0.05, 0) is 24.6 Å². The van der Waals surface area contributed by atoms with Crippen molar-refractivity contribution in [2.75, 3.05) is 13.1 Å². The topological polar surface area (TPSA) is 48.8 Å². The molecule has 0 aromatic heterocycles. The van der Waals surface area contributed by atoms with E-state index in [0.717, 1.165) is 41.3 Å². The number of aliphatic imine (C=N–C) groups is 2. The summed E-state index contributed by atoms with van der Waals surface area (Å²) in [5.74, 6) is 0.818. The molecule has 0 fully saturated rings. The maximum atomic E-state index is 6.24. The Labute approximate surface area is 166 Å². The summed E-state index contributed by atoms with van der Waals surface area (Å²) in [5.41, 5.74) is 10.4. The molecule has 1 aliphatic heterocycles. The van der Waals surface area contributed by atoms with Crippen LogP contribution < -0.4 is 10.9 Å². The van der Waals surface area contributed by atoms with Gasteiger partial charge < -0.3 is 5.43 Å². The molecular formula is C22H27ClN4. The first kappa shape index (κ1) is 19.6. The third kappa shape index (κ3) is 5.65. The fraction of sp³-hybridized carbons (Fsp3) is 0.364. The van der Waals surface area contributed by atoms with Gasteiger partial charge in [0.25, 0.3) is 0 Å². The van der Waals surface area contributed by atoms with Gasteiger partial charge in [-0.3, -0.25) is 4.99 Å². The van der Waals surface area contributed by atoms with Crippen molar-refractivity contribution in [1.29, 1.82) is 0 Å². The Kier molecular flexibility index (Phi) is 7.43. The lowest BCUT2D eigenvalue weighted by atomic mass is 10.0. The van der Waals surface area contributed by atoms with E-state index in [2.05, 4.69) is 29.9 Å². The molecule has 0 spiro atoms.